The monoisotopic (exact) mass is 375 g/mol. The number of rotatable bonds is 7. The third-order valence-corrected chi connectivity index (χ3v) is 6.10. The summed E-state index contributed by atoms with van der Waals surface area (Å²) in [5.74, 6) is -0.909. The molecule has 0 saturated carbocycles. The lowest BCUT2D eigenvalue weighted by molar-refractivity contribution is -0.385. The summed E-state index contributed by atoms with van der Waals surface area (Å²) in [5, 5.41) is 11.0. The summed E-state index contributed by atoms with van der Waals surface area (Å²) in [6.45, 7) is 2.75. The first-order valence-corrected chi connectivity index (χ1v) is 9.47. The predicted octanol–water partition coefficient (Wildman–Crippen LogP) is 1.56. The van der Waals surface area contributed by atoms with Crippen molar-refractivity contribution in [3.63, 3.8) is 0 Å². The topological polar surface area (TPSA) is 116 Å². The Morgan fingerprint density at radius 2 is 2.04 bits per heavy atom. The fraction of sp³-hybridized carbons (Fsp3) is 0.600. The van der Waals surface area contributed by atoms with Gasteiger partial charge in [-0.05, 0) is 38.8 Å². The molecule has 0 aromatic heterocycles. The Kier molecular flexibility index (Phi) is 6.44. The molecule has 0 bridgehead atoms. The van der Waals surface area contributed by atoms with Gasteiger partial charge in [-0.3, -0.25) is 10.1 Å². The summed E-state index contributed by atoms with van der Waals surface area (Å²) < 4.78 is 46.1. The molecular formula is C15H22FN3O5S. The minimum absolute atomic E-state index is 0.0397. The second-order valence-electron chi connectivity index (χ2n) is 5.92. The van der Waals surface area contributed by atoms with Crippen molar-refractivity contribution in [1.82, 2.24) is 4.31 Å². The molecule has 2 rings (SSSR count). The zero-order valence-electron chi connectivity index (χ0n) is 14.0. The van der Waals surface area contributed by atoms with Crippen LogP contribution in [0, 0.1) is 22.9 Å². The van der Waals surface area contributed by atoms with Crippen LogP contribution in [-0.2, 0) is 14.8 Å². The predicted molar refractivity (Wildman–Crippen MR) is 89.2 cm³/mol. The lowest BCUT2D eigenvalue weighted by Gasteiger charge is -2.31. The third-order valence-electron chi connectivity index (χ3n) is 4.23. The number of nitro groups is 1. The van der Waals surface area contributed by atoms with Crippen LogP contribution in [0.3, 0.4) is 0 Å². The zero-order chi connectivity index (χ0) is 18.6. The number of sulfonamides is 1. The van der Waals surface area contributed by atoms with Gasteiger partial charge in [0, 0.05) is 25.8 Å². The van der Waals surface area contributed by atoms with Gasteiger partial charge in [0.05, 0.1) is 21.5 Å². The van der Waals surface area contributed by atoms with E-state index in [-0.39, 0.29) is 24.8 Å². The van der Waals surface area contributed by atoms with E-state index in [4.69, 9.17) is 10.5 Å². The van der Waals surface area contributed by atoms with Gasteiger partial charge < -0.3 is 10.5 Å². The highest BCUT2D eigenvalue weighted by molar-refractivity contribution is 7.89. The quantitative estimate of drug-likeness (QED) is 0.439. The lowest BCUT2D eigenvalue weighted by Crippen LogP contribution is -2.41. The van der Waals surface area contributed by atoms with E-state index in [1.165, 1.54) is 11.2 Å². The normalized spacial score (nSPS) is 16.9. The Morgan fingerprint density at radius 3 is 2.60 bits per heavy atom. The molecule has 0 amide bonds. The Hall–Kier alpha value is -1.62. The molecule has 25 heavy (non-hydrogen) atoms. The summed E-state index contributed by atoms with van der Waals surface area (Å²) in [6.07, 6.45) is 1.73. The highest BCUT2D eigenvalue weighted by atomic mass is 32.2. The lowest BCUT2D eigenvalue weighted by atomic mass is 10.1. The Bertz CT molecular complexity index is 733. The van der Waals surface area contributed by atoms with Crippen molar-refractivity contribution >= 4 is 15.7 Å². The van der Waals surface area contributed by atoms with Crippen LogP contribution < -0.4 is 5.73 Å². The van der Waals surface area contributed by atoms with Crippen molar-refractivity contribution in [2.75, 3.05) is 26.2 Å². The van der Waals surface area contributed by atoms with Gasteiger partial charge in [0.2, 0.25) is 10.0 Å². The molecule has 0 atom stereocenters. The van der Waals surface area contributed by atoms with Crippen LogP contribution in [0.15, 0.2) is 17.0 Å². The number of ether oxygens (including phenoxy) is 1. The second kappa shape index (κ2) is 8.17. The van der Waals surface area contributed by atoms with Gasteiger partial charge in [0.1, 0.15) is 5.82 Å². The van der Waals surface area contributed by atoms with Crippen molar-refractivity contribution < 1.29 is 22.5 Å². The maximum atomic E-state index is 13.9. The van der Waals surface area contributed by atoms with Crippen LogP contribution in [0.2, 0.25) is 0 Å². The summed E-state index contributed by atoms with van der Waals surface area (Å²) in [7, 11) is -3.99. The number of hydrogen-bond acceptors (Lipinski definition) is 6. The first-order chi connectivity index (χ1) is 11.8. The van der Waals surface area contributed by atoms with Crippen LogP contribution in [0.5, 0.6) is 0 Å². The third kappa shape index (κ3) is 4.51. The van der Waals surface area contributed by atoms with Gasteiger partial charge in [-0.2, -0.15) is 4.31 Å². The van der Waals surface area contributed by atoms with E-state index in [1.54, 1.807) is 0 Å². The first-order valence-electron chi connectivity index (χ1n) is 8.03. The molecule has 0 spiro atoms. The highest BCUT2D eigenvalue weighted by Gasteiger charge is 2.32. The average Bonchev–Trinajstić information content (AvgIpc) is 2.57. The molecule has 0 aliphatic carbocycles. The van der Waals surface area contributed by atoms with E-state index >= 15 is 0 Å². The maximum Gasteiger partial charge on any atom is 0.276 e. The fourth-order valence-electron chi connectivity index (χ4n) is 2.70. The minimum Gasteiger partial charge on any atom is -0.378 e. The Balaban J connectivity index is 2.14. The molecule has 2 N–H and O–H groups in total. The number of hydrogen-bond donors (Lipinski definition) is 1. The maximum absolute atomic E-state index is 13.9. The molecule has 8 nitrogen and oxygen atoms in total. The van der Waals surface area contributed by atoms with Crippen LogP contribution in [0.1, 0.15) is 24.8 Å². The molecule has 1 heterocycles. The zero-order valence-corrected chi connectivity index (χ0v) is 14.8. The average molecular weight is 375 g/mol. The summed E-state index contributed by atoms with van der Waals surface area (Å²) in [5.41, 5.74) is 4.67. The molecule has 10 heteroatoms. The number of nitrogens with two attached hydrogens (primary N) is 1. The first kappa shape index (κ1) is 19.7. The van der Waals surface area contributed by atoms with E-state index in [0.29, 0.717) is 26.0 Å². The number of benzene rings is 1. The van der Waals surface area contributed by atoms with Crippen molar-refractivity contribution in [2.45, 2.75) is 37.2 Å². The fourth-order valence-corrected chi connectivity index (χ4v) is 4.20. The van der Waals surface area contributed by atoms with E-state index in [9.17, 15) is 22.9 Å². The van der Waals surface area contributed by atoms with Crippen molar-refractivity contribution in [2.24, 2.45) is 5.73 Å². The molecule has 1 aliphatic rings. The van der Waals surface area contributed by atoms with Crippen molar-refractivity contribution in [3.8, 4) is 0 Å². The summed E-state index contributed by atoms with van der Waals surface area (Å²) >= 11 is 0. The van der Waals surface area contributed by atoms with Gasteiger partial charge in [0.15, 0.2) is 0 Å². The molecule has 1 fully saturated rings. The van der Waals surface area contributed by atoms with E-state index in [0.717, 1.165) is 18.6 Å². The SMILES string of the molecule is Cc1c(F)cc(S(=O)(=O)N2CCC(OCCCN)CC2)cc1[N+](=O)[O-]. The Labute approximate surface area is 146 Å². The smallest absolute Gasteiger partial charge is 0.276 e. The van der Waals surface area contributed by atoms with E-state index < -0.39 is 31.3 Å². The van der Waals surface area contributed by atoms with Gasteiger partial charge in [-0.25, -0.2) is 12.8 Å². The van der Waals surface area contributed by atoms with E-state index in [2.05, 4.69) is 0 Å². The van der Waals surface area contributed by atoms with Gasteiger partial charge in [-0.15, -0.1) is 0 Å². The van der Waals surface area contributed by atoms with Crippen LogP contribution in [-0.4, -0.2) is 50.0 Å². The highest BCUT2D eigenvalue weighted by Crippen LogP contribution is 2.28. The summed E-state index contributed by atoms with van der Waals surface area (Å²) in [6, 6.07) is 1.75. The standard InChI is InChI=1S/C15H22FN3O5S/c1-11-14(16)9-13(10-15(11)19(20)21)25(22,23)18-6-3-12(4-7-18)24-8-2-5-17/h9-10,12H,2-8,17H2,1H3. The molecule has 0 radical (unpaired) electrons. The number of piperidine rings is 1. The second-order valence-corrected chi connectivity index (χ2v) is 7.86. The molecular weight excluding hydrogens is 353 g/mol. The van der Waals surface area contributed by atoms with Crippen molar-refractivity contribution in [1.29, 1.82) is 0 Å². The van der Waals surface area contributed by atoms with Crippen molar-refractivity contribution in [3.05, 3.63) is 33.6 Å². The summed E-state index contributed by atoms with van der Waals surface area (Å²) in [4.78, 5) is 9.82. The van der Waals surface area contributed by atoms with Gasteiger partial charge in [0.25, 0.3) is 5.69 Å². The number of halogens is 1. The molecule has 1 aromatic rings. The van der Waals surface area contributed by atoms with Gasteiger partial charge >= 0.3 is 0 Å². The van der Waals surface area contributed by atoms with Crippen LogP contribution in [0.4, 0.5) is 10.1 Å². The molecule has 140 valence electrons. The van der Waals surface area contributed by atoms with E-state index in [1.807, 2.05) is 0 Å². The number of nitro benzene ring substituents is 1. The van der Waals surface area contributed by atoms with Crippen LogP contribution >= 0.6 is 0 Å². The van der Waals surface area contributed by atoms with Gasteiger partial charge in [-0.1, -0.05) is 0 Å². The number of nitrogens with zero attached hydrogens (tertiary/aromatic N) is 2. The minimum atomic E-state index is -3.99. The molecule has 0 unspecified atom stereocenters. The largest absolute Gasteiger partial charge is 0.378 e. The molecule has 1 aromatic carbocycles. The Morgan fingerprint density at radius 1 is 1.40 bits per heavy atom. The molecule has 1 saturated heterocycles. The molecule has 1 aliphatic heterocycles. The van der Waals surface area contributed by atoms with Crippen LogP contribution in [0.25, 0.3) is 0 Å².